The number of likely N-dealkylation sites (tertiary alicyclic amines) is 1. The Morgan fingerprint density at radius 2 is 1.97 bits per heavy atom. The van der Waals surface area contributed by atoms with E-state index >= 15 is 0 Å². The Bertz CT molecular complexity index is 644. The van der Waals surface area contributed by atoms with Crippen molar-refractivity contribution in [2.45, 2.75) is 77.5 Å². The topological polar surface area (TPSA) is 48.9 Å². The maximum absolute atomic E-state index is 6.22. The summed E-state index contributed by atoms with van der Waals surface area (Å²) in [6.45, 7) is 11.5. The predicted molar refractivity (Wildman–Crippen MR) is 137 cm³/mol. The Kier molecular flexibility index (Phi) is 11.5. The summed E-state index contributed by atoms with van der Waals surface area (Å²) < 4.78 is 6.22. The fourth-order valence-corrected chi connectivity index (χ4v) is 4.44. The molecule has 6 heteroatoms. The minimum absolute atomic E-state index is 0. The molecule has 1 aliphatic carbocycles. The molecule has 30 heavy (non-hydrogen) atoms. The fourth-order valence-electron chi connectivity index (χ4n) is 4.44. The summed E-state index contributed by atoms with van der Waals surface area (Å²) in [5.74, 6) is 0.957. The van der Waals surface area contributed by atoms with Crippen LogP contribution < -0.4 is 10.6 Å². The third-order valence-electron chi connectivity index (χ3n) is 6.15. The number of rotatable bonds is 8. The van der Waals surface area contributed by atoms with Gasteiger partial charge in [0, 0.05) is 44.9 Å². The molecule has 0 aromatic heterocycles. The van der Waals surface area contributed by atoms with Crippen LogP contribution in [0.15, 0.2) is 29.3 Å². The van der Waals surface area contributed by atoms with Crippen LogP contribution >= 0.6 is 24.0 Å². The van der Waals surface area contributed by atoms with E-state index in [4.69, 9.17) is 9.73 Å². The van der Waals surface area contributed by atoms with Crippen LogP contribution in [-0.2, 0) is 11.2 Å². The van der Waals surface area contributed by atoms with Crippen LogP contribution in [0.1, 0.15) is 70.1 Å². The summed E-state index contributed by atoms with van der Waals surface area (Å²) in [4.78, 5) is 7.35. The molecule has 0 amide bonds. The van der Waals surface area contributed by atoms with Crippen LogP contribution in [0.3, 0.4) is 0 Å². The second-order valence-corrected chi connectivity index (χ2v) is 8.61. The Morgan fingerprint density at radius 3 is 2.70 bits per heavy atom. The molecule has 0 spiro atoms. The molecule has 1 heterocycles. The predicted octanol–water partition coefficient (Wildman–Crippen LogP) is 4.52. The smallest absolute Gasteiger partial charge is 0.191 e. The second-order valence-electron chi connectivity index (χ2n) is 8.61. The number of aliphatic imine (C=N–C) groups is 1. The average molecular weight is 529 g/mol. The van der Waals surface area contributed by atoms with Gasteiger partial charge in [0.25, 0.3) is 0 Å². The van der Waals surface area contributed by atoms with Gasteiger partial charge in [-0.1, -0.05) is 24.3 Å². The van der Waals surface area contributed by atoms with E-state index in [2.05, 4.69) is 60.6 Å². The van der Waals surface area contributed by atoms with Gasteiger partial charge in [-0.25, -0.2) is 0 Å². The van der Waals surface area contributed by atoms with E-state index in [9.17, 15) is 0 Å². The van der Waals surface area contributed by atoms with Crippen LogP contribution in [0.25, 0.3) is 0 Å². The molecule has 3 rings (SSSR count). The molecular weight excluding hydrogens is 487 g/mol. The molecule has 1 aromatic carbocycles. The Labute approximate surface area is 200 Å². The van der Waals surface area contributed by atoms with Crippen LogP contribution in [0, 0.1) is 0 Å². The highest BCUT2D eigenvalue weighted by atomic mass is 127. The van der Waals surface area contributed by atoms with Gasteiger partial charge < -0.3 is 20.3 Å². The third kappa shape index (κ3) is 7.68. The standard InChI is InChI=1S/C24H40N4O.HI/c1-4-25-24(27-21-13-16-28(17-14-21)19(2)3)26-15-8-18-29-23-12-7-10-20-9-5-6-11-22(20)23;/h5-6,9,11,19,21,23H,4,7-8,10,12-18H2,1-3H3,(H2,25,26,27);1H. The summed E-state index contributed by atoms with van der Waals surface area (Å²) in [7, 11) is 0. The van der Waals surface area contributed by atoms with Crippen LogP contribution in [0.4, 0.5) is 0 Å². The Balaban J connectivity index is 0.00000320. The van der Waals surface area contributed by atoms with Crippen molar-refractivity contribution < 1.29 is 4.74 Å². The molecule has 170 valence electrons. The highest BCUT2D eigenvalue weighted by Crippen LogP contribution is 2.32. The first-order chi connectivity index (χ1) is 14.2. The molecule has 1 saturated heterocycles. The van der Waals surface area contributed by atoms with Crippen molar-refractivity contribution in [1.82, 2.24) is 15.5 Å². The van der Waals surface area contributed by atoms with Crippen molar-refractivity contribution in [2.24, 2.45) is 4.99 Å². The number of hydrogen-bond acceptors (Lipinski definition) is 3. The van der Waals surface area contributed by atoms with Gasteiger partial charge in [-0.3, -0.25) is 4.99 Å². The van der Waals surface area contributed by atoms with Gasteiger partial charge in [0.1, 0.15) is 0 Å². The molecule has 2 N–H and O–H groups in total. The number of ether oxygens (including phenoxy) is 1. The van der Waals surface area contributed by atoms with Gasteiger partial charge in [0.2, 0.25) is 0 Å². The molecule has 1 atom stereocenters. The molecule has 0 radical (unpaired) electrons. The Hall–Kier alpha value is -0.860. The van der Waals surface area contributed by atoms with Gasteiger partial charge in [0.05, 0.1) is 6.10 Å². The monoisotopic (exact) mass is 528 g/mol. The van der Waals surface area contributed by atoms with E-state index in [-0.39, 0.29) is 30.1 Å². The molecule has 1 fully saturated rings. The quantitative estimate of drug-likeness (QED) is 0.226. The van der Waals surface area contributed by atoms with Crippen LogP contribution in [0.5, 0.6) is 0 Å². The summed E-state index contributed by atoms with van der Waals surface area (Å²) >= 11 is 0. The molecule has 1 unspecified atom stereocenters. The van der Waals surface area contributed by atoms with Gasteiger partial charge in [0.15, 0.2) is 5.96 Å². The summed E-state index contributed by atoms with van der Waals surface area (Å²) in [5.41, 5.74) is 2.86. The lowest BCUT2D eigenvalue weighted by Gasteiger charge is -2.35. The van der Waals surface area contributed by atoms with Crippen molar-refractivity contribution >= 4 is 29.9 Å². The normalized spacial score (nSPS) is 20.5. The largest absolute Gasteiger partial charge is 0.373 e. The van der Waals surface area contributed by atoms with Crippen molar-refractivity contribution in [3.8, 4) is 0 Å². The van der Waals surface area contributed by atoms with Gasteiger partial charge >= 0.3 is 0 Å². The zero-order valence-electron chi connectivity index (χ0n) is 19.0. The first kappa shape index (κ1) is 25.4. The lowest BCUT2D eigenvalue weighted by Crippen LogP contribution is -2.49. The maximum atomic E-state index is 6.22. The van der Waals surface area contributed by atoms with Crippen LogP contribution in [0.2, 0.25) is 0 Å². The van der Waals surface area contributed by atoms with Gasteiger partial charge in [-0.05, 0) is 70.4 Å². The number of aryl methyl sites for hydroxylation is 1. The summed E-state index contributed by atoms with van der Waals surface area (Å²) in [6, 6.07) is 9.92. The summed E-state index contributed by atoms with van der Waals surface area (Å²) in [5, 5.41) is 7.04. The lowest BCUT2D eigenvalue weighted by molar-refractivity contribution is 0.0402. The average Bonchev–Trinajstić information content (AvgIpc) is 2.74. The van der Waals surface area contributed by atoms with Crippen molar-refractivity contribution in [2.75, 3.05) is 32.8 Å². The van der Waals surface area contributed by atoms with E-state index in [1.165, 1.54) is 49.9 Å². The second kappa shape index (κ2) is 13.5. The lowest BCUT2D eigenvalue weighted by atomic mass is 9.89. The van der Waals surface area contributed by atoms with Crippen molar-refractivity contribution in [3.05, 3.63) is 35.4 Å². The first-order valence-electron chi connectivity index (χ1n) is 11.7. The third-order valence-corrected chi connectivity index (χ3v) is 6.15. The number of halogens is 1. The number of guanidine groups is 1. The van der Waals surface area contributed by atoms with Gasteiger partial charge in [-0.15, -0.1) is 24.0 Å². The number of hydrogen-bond donors (Lipinski definition) is 2. The highest BCUT2D eigenvalue weighted by Gasteiger charge is 2.22. The molecule has 5 nitrogen and oxygen atoms in total. The Morgan fingerprint density at radius 1 is 1.20 bits per heavy atom. The molecule has 1 aliphatic heterocycles. The zero-order chi connectivity index (χ0) is 20.5. The van der Waals surface area contributed by atoms with E-state index < -0.39 is 0 Å². The number of benzene rings is 1. The molecule has 0 bridgehead atoms. The molecular formula is C24H41IN4O. The molecule has 0 saturated carbocycles. The van der Waals surface area contributed by atoms with E-state index in [1.54, 1.807) is 0 Å². The molecule has 1 aromatic rings. The first-order valence-corrected chi connectivity index (χ1v) is 11.7. The maximum Gasteiger partial charge on any atom is 0.191 e. The highest BCUT2D eigenvalue weighted by molar-refractivity contribution is 14.0. The van der Waals surface area contributed by atoms with Gasteiger partial charge in [-0.2, -0.15) is 0 Å². The molecule has 2 aliphatic rings. The van der Waals surface area contributed by atoms with E-state index in [0.717, 1.165) is 38.5 Å². The zero-order valence-corrected chi connectivity index (χ0v) is 21.4. The number of fused-ring (bicyclic) bond motifs is 1. The number of nitrogens with zero attached hydrogens (tertiary/aromatic N) is 2. The number of nitrogens with one attached hydrogen (secondary N) is 2. The SMILES string of the molecule is CCNC(=NCCCOC1CCCc2ccccc21)NC1CCN(C(C)C)CC1.I. The fraction of sp³-hybridized carbons (Fsp3) is 0.708. The summed E-state index contributed by atoms with van der Waals surface area (Å²) in [6.07, 6.45) is 7.15. The van der Waals surface area contributed by atoms with Crippen LogP contribution in [-0.4, -0.2) is 55.7 Å². The minimum Gasteiger partial charge on any atom is -0.373 e. The number of piperidine rings is 1. The van der Waals surface area contributed by atoms with E-state index in [0.29, 0.717) is 12.1 Å². The minimum atomic E-state index is 0. The van der Waals surface area contributed by atoms with Crippen molar-refractivity contribution in [3.63, 3.8) is 0 Å². The van der Waals surface area contributed by atoms with E-state index in [1.807, 2.05) is 0 Å². The van der Waals surface area contributed by atoms with Crippen molar-refractivity contribution in [1.29, 1.82) is 0 Å².